The van der Waals surface area contributed by atoms with E-state index in [-0.39, 0.29) is 22.8 Å². The van der Waals surface area contributed by atoms with Crippen molar-refractivity contribution in [1.82, 2.24) is 4.90 Å². The lowest BCUT2D eigenvalue weighted by Gasteiger charge is -2.12. The highest BCUT2D eigenvalue weighted by Gasteiger charge is 2.35. The number of carbonyl (C=O) groups excluding carboxylic acids is 2. The van der Waals surface area contributed by atoms with E-state index >= 15 is 0 Å². The molecular formula is C17H12FNO3S. The number of benzene rings is 2. The lowest BCUT2D eigenvalue weighted by Crippen LogP contribution is -2.27. The van der Waals surface area contributed by atoms with Gasteiger partial charge in [0.2, 0.25) is 0 Å². The highest BCUT2D eigenvalue weighted by atomic mass is 32.2. The molecule has 23 heavy (non-hydrogen) atoms. The van der Waals surface area contributed by atoms with Crippen LogP contribution in [0.3, 0.4) is 0 Å². The minimum Gasteiger partial charge on any atom is -0.507 e. The molecule has 1 heterocycles. The van der Waals surface area contributed by atoms with E-state index in [9.17, 15) is 19.1 Å². The summed E-state index contributed by atoms with van der Waals surface area (Å²) in [4.78, 5) is 25.6. The molecule has 0 aliphatic carbocycles. The quantitative estimate of drug-likeness (QED) is 0.871. The second-order valence-electron chi connectivity index (χ2n) is 4.92. The average molecular weight is 329 g/mol. The highest BCUT2D eigenvalue weighted by Crippen LogP contribution is 2.34. The van der Waals surface area contributed by atoms with Crippen LogP contribution in [0, 0.1) is 5.82 Å². The smallest absolute Gasteiger partial charge is 0.293 e. The standard InChI is InChI=1S/C17H12FNO3S/c18-13-7-3-1-6-12(13)10-19-16(21)15(23-17(19)22)9-11-5-2-4-8-14(11)20/h1-9,20H,10H2/b15-9-. The molecule has 2 amide bonds. The van der Waals surface area contributed by atoms with Gasteiger partial charge >= 0.3 is 0 Å². The number of aromatic hydroxyl groups is 1. The summed E-state index contributed by atoms with van der Waals surface area (Å²) < 4.78 is 13.7. The van der Waals surface area contributed by atoms with Gasteiger partial charge in [-0.05, 0) is 30.0 Å². The molecule has 2 aromatic carbocycles. The third-order valence-corrected chi connectivity index (χ3v) is 4.29. The summed E-state index contributed by atoms with van der Waals surface area (Å²) in [6.07, 6.45) is 1.46. The molecule has 1 fully saturated rings. The zero-order valence-corrected chi connectivity index (χ0v) is 12.7. The fourth-order valence-corrected chi connectivity index (χ4v) is 3.01. The molecule has 3 rings (SSSR count). The first-order valence-corrected chi connectivity index (χ1v) is 7.64. The van der Waals surface area contributed by atoms with Crippen molar-refractivity contribution in [2.75, 3.05) is 0 Å². The Morgan fingerprint density at radius 2 is 1.78 bits per heavy atom. The largest absolute Gasteiger partial charge is 0.507 e. The summed E-state index contributed by atoms with van der Waals surface area (Å²) in [5.41, 5.74) is 0.725. The molecule has 1 aliphatic rings. The molecule has 0 unspecified atom stereocenters. The monoisotopic (exact) mass is 329 g/mol. The summed E-state index contributed by atoms with van der Waals surface area (Å²) in [7, 11) is 0. The van der Waals surface area contributed by atoms with Crippen LogP contribution in [0.2, 0.25) is 0 Å². The van der Waals surface area contributed by atoms with E-state index in [1.54, 1.807) is 30.3 Å². The van der Waals surface area contributed by atoms with Crippen molar-refractivity contribution < 1.29 is 19.1 Å². The first-order valence-electron chi connectivity index (χ1n) is 6.83. The lowest BCUT2D eigenvalue weighted by atomic mass is 10.1. The maximum Gasteiger partial charge on any atom is 0.293 e. The molecule has 6 heteroatoms. The van der Waals surface area contributed by atoms with Crippen molar-refractivity contribution in [3.8, 4) is 5.75 Å². The fourth-order valence-electron chi connectivity index (χ4n) is 2.18. The number of nitrogens with zero attached hydrogens (tertiary/aromatic N) is 1. The number of rotatable bonds is 3. The lowest BCUT2D eigenvalue weighted by molar-refractivity contribution is -0.123. The van der Waals surface area contributed by atoms with Crippen molar-refractivity contribution in [3.05, 3.63) is 70.4 Å². The Morgan fingerprint density at radius 1 is 1.09 bits per heavy atom. The van der Waals surface area contributed by atoms with E-state index in [1.807, 2.05) is 0 Å². The number of para-hydroxylation sites is 1. The first-order chi connectivity index (χ1) is 11.1. The van der Waals surface area contributed by atoms with Crippen molar-refractivity contribution in [3.63, 3.8) is 0 Å². The van der Waals surface area contributed by atoms with Crippen LogP contribution < -0.4 is 0 Å². The zero-order chi connectivity index (χ0) is 16.4. The molecule has 0 radical (unpaired) electrons. The second kappa shape index (κ2) is 6.26. The van der Waals surface area contributed by atoms with Gasteiger partial charge in [0.1, 0.15) is 11.6 Å². The third-order valence-electron chi connectivity index (χ3n) is 3.38. The van der Waals surface area contributed by atoms with Gasteiger partial charge in [-0.3, -0.25) is 14.5 Å². The minimum absolute atomic E-state index is 0.0217. The van der Waals surface area contributed by atoms with Gasteiger partial charge in [0.05, 0.1) is 11.4 Å². The summed E-state index contributed by atoms with van der Waals surface area (Å²) in [5.74, 6) is -0.934. The fraction of sp³-hybridized carbons (Fsp3) is 0.0588. The van der Waals surface area contributed by atoms with E-state index in [0.717, 1.165) is 16.7 Å². The maximum atomic E-state index is 13.7. The molecule has 2 aromatic rings. The van der Waals surface area contributed by atoms with Gasteiger partial charge in [0, 0.05) is 11.1 Å². The first kappa shape index (κ1) is 15.3. The van der Waals surface area contributed by atoms with Crippen LogP contribution in [-0.2, 0) is 11.3 Å². The van der Waals surface area contributed by atoms with Crippen molar-refractivity contribution in [2.24, 2.45) is 0 Å². The topological polar surface area (TPSA) is 57.6 Å². The van der Waals surface area contributed by atoms with Gasteiger partial charge in [-0.2, -0.15) is 0 Å². The van der Waals surface area contributed by atoms with Crippen LogP contribution in [0.25, 0.3) is 6.08 Å². The number of hydrogen-bond acceptors (Lipinski definition) is 4. The van der Waals surface area contributed by atoms with Crippen LogP contribution in [0.4, 0.5) is 9.18 Å². The van der Waals surface area contributed by atoms with Crippen molar-refractivity contribution in [2.45, 2.75) is 6.54 Å². The highest BCUT2D eigenvalue weighted by molar-refractivity contribution is 8.18. The molecular weight excluding hydrogens is 317 g/mol. The average Bonchev–Trinajstić information content (AvgIpc) is 2.79. The Kier molecular flexibility index (Phi) is 4.16. The predicted octanol–water partition coefficient (Wildman–Crippen LogP) is 3.77. The third kappa shape index (κ3) is 3.12. The minimum atomic E-state index is -0.494. The molecule has 116 valence electrons. The zero-order valence-electron chi connectivity index (χ0n) is 11.9. The number of amides is 2. The Balaban J connectivity index is 1.86. The van der Waals surface area contributed by atoms with Gasteiger partial charge in [0.15, 0.2) is 0 Å². The number of imide groups is 1. The van der Waals surface area contributed by atoms with Gasteiger partial charge < -0.3 is 5.11 Å². The van der Waals surface area contributed by atoms with Gasteiger partial charge in [-0.25, -0.2) is 4.39 Å². The molecule has 1 saturated heterocycles. The normalized spacial score (nSPS) is 16.4. The number of carbonyl (C=O) groups is 2. The molecule has 0 atom stereocenters. The number of halogens is 1. The molecule has 0 spiro atoms. The summed E-state index contributed by atoms with van der Waals surface area (Å²) in [6, 6.07) is 12.5. The van der Waals surface area contributed by atoms with Crippen LogP contribution in [0.1, 0.15) is 11.1 Å². The van der Waals surface area contributed by atoms with E-state index in [0.29, 0.717) is 5.56 Å². The Bertz CT molecular complexity index is 819. The van der Waals surface area contributed by atoms with Crippen LogP contribution in [0.5, 0.6) is 5.75 Å². The SMILES string of the molecule is O=C1S/C(=C\c2ccccc2O)C(=O)N1Cc1ccccc1F. The number of phenols is 1. The summed E-state index contributed by atoms with van der Waals surface area (Å²) >= 11 is 0.775. The maximum absolute atomic E-state index is 13.7. The Hall–Kier alpha value is -2.60. The van der Waals surface area contributed by atoms with E-state index in [1.165, 1.54) is 24.3 Å². The Labute approximate surface area is 136 Å². The van der Waals surface area contributed by atoms with E-state index in [2.05, 4.69) is 0 Å². The molecule has 0 aromatic heterocycles. The predicted molar refractivity (Wildman–Crippen MR) is 86.0 cm³/mol. The van der Waals surface area contributed by atoms with E-state index < -0.39 is 17.0 Å². The number of hydrogen-bond donors (Lipinski definition) is 1. The summed E-state index contributed by atoms with van der Waals surface area (Å²) in [6.45, 7) is -0.116. The Morgan fingerprint density at radius 3 is 2.52 bits per heavy atom. The van der Waals surface area contributed by atoms with Gasteiger partial charge in [0.25, 0.3) is 11.1 Å². The van der Waals surface area contributed by atoms with Crippen LogP contribution in [0.15, 0.2) is 53.4 Å². The molecule has 0 saturated carbocycles. The van der Waals surface area contributed by atoms with Crippen LogP contribution in [-0.4, -0.2) is 21.2 Å². The number of phenolic OH excluding ortho intramolecular Hbond substituents is 1. The molecule has 1 N–H and O–H groups in total. The van der Waals surface area contributed by atoms with E-state index in [4.69, 9.17) is 0 Å². The molecule has 0 bridgehead atoms. The number of thioether (sulfide) groups is 1. The molecule has 4 nitrogen and oxygen atoms in total. The van der Waals surface area contributed by atoms with Crippen molar-refractivity contribution in [1.29, 1.82) is 0 Å². The summed E-state index contributed by atoms with van der Waals surface area (Å²) in [5, 5.41) is 9.29. The second-order valence-corrected chi connectivity index (χ2v) is 5.91. The van der Waals surface area contributed by atoms with Gasteiger partial charge in [-0.15, -0.1) is 0 Å². The molecule has 1 aliphatic heterocycles. The van der Waals surface area contributed by atoms with Crippen LogP contribution >= 0.6 is 11.8 Å². The van der Waals surface area contributed by atoms with Crippen molar-refractivity contribution >= 4 is 29.0 Å². The van der Waals surface area contributed by atoms with Gasteiger partial charge in [-0.1, -0.05) is 36.4 Å².